The van der Waals surface area contributed by atoms with Crippen molar-refractivity contribution in [3.8, 4) is 0 Å². The van der Waals surface area contributed by atoms with Gasteiger partial charge in [0.25, 0.3) is 0 Å². The van der Waals surface area contributed by atoms with Crippen molar-refractivity contribution in [1.29, 1.82) is 0 Å². The van der Waals surface area contributed by atoms with E-state index >= 15 is 0 Å². The summed E-state index contributed by atoms with van der Waals surface area (Å²) in [5, 5.41) is 3.22. The van der Waals surface area contributed by atoms with Gasteiger partial charge in [-0.2, -0.15) is 0 Å². The van der Waals surface area contributed by atoms with Crippen molar-refractivity contribution in [3.05, 3.63) is 40.9 Å². The van der Waals surface area contributed by atoms with Crippen LogP contribution in [0.2, 0.25) is 5.02 Å². The molecule has 1 heterocycles. The maximum Gasteiger partial charge on any atom is 0.240 e. The Bertz CT molecular complexity index is 983. The molecule has 166 valence electrons. The lowest BCUT2D eigenvalue weighted by Gasteiger charge is -2.30. The number of benzene rings is 1. The van der Waals surface area contributed by atoms with Gasteiger partial charge in [-0.25, -0.2) is 27.5 Å². The van der Waals surface area contributed by atoms with Crippen LogP contribution in [0.3, 0.4) is 0 Å². The second kappa shape index (κ2) is 10.1. The molecule has 0 amide bonds. The average molecular weight is 478 g/mol. The molecule has 1 aliphatic carbocycles. The molecular weight excluding hydrogens is 452 g/mol. The highest BCUT2D eigenvalue weighted by Gasteiger charge is 2.26. The second-order valence-electron chi connectivity index (χ2n) is 7.44. The molecule has 2 aromatic rings. The Morgan fingerprint density at radius 3 is 2.33 bits per heavy atom. The summed E-state index contributed by atoms with van der Waals surface area (Å²) >= 11 is 5.71. The number of aryl methyl sites for hydroxylation is 1. The molecule has 0 atom stereocenters. The Kier molecular flexibility index (Phi) is 8.27. The van der Waals surface area contributed by atoms with Gasteiger partial charge in [0.05, 0.1) is 9.92 Å². The number of aromatic nitrogens is 2. The molecule has 2 N–H and O–H groups in total. The van der Waals surface area contributed by atoms with Gasteiger partial charge in [0, 0.05) is 32.2 Å². The van der Waals surface area contributed by atoms with Crippen molar-refractivity contribution < 1.29 is 12.8 Å². The van der Waals surface area contributed by atoms with E-state index in [2.05, 4.69) is 20.0 Å². The maximum absolute atomic E-state index is 13.3. The second-order valence-corrected chi connectivity index (χ2v) is 9.56. The van der Waals surface area contributed by atoms with Gasteiger partial charge in [0.2, 0.25) is 10.0 Å². The first-order chi connectivity index (χ1) is 13.6. The molecule has 0 spiro atoms. The number of nitrogens with zero attached hydrogens (tertiary/aromatic N) is 3. The Morgan fingerprint density at radius 2 is 1.73 bits per heavy atom. The molecule has 0 bridgehead atoms. The summed E-state index contributed by atoms with van der Waals surface area (Å²) in [6.07, 6.45) is 2.99. The van der Waals surface area contributed by atoms with Crippen LogP contribution < -0.4 is 14.9 Å². The molecule has 0 unspecified atom stereocenters. The van der Waals surface area contributed by atoms with Gasteiger partial charge in [0.1, 0.15) is 23.3 Å². The van der Waals surface area contributed by atoms with E-state index in [1.165, 1.54) is 6.07 Å². The number of hydrogen-bond donors (Lipinski definition) is 2. The summed E-state index contributed by atoms with van der Waals surface area (Å²) in [5.41, 5.74) is 0. The molecule has 30 heavy (non-hydrogen) atoms. The van der Waals surface area contributed by atoms with Crippen molar-refractivity contribution in [1.82, 2.24) is 14.7 Å². The van der Waals surface area contributed by atoms with Crippen molar-refractivity contribution in [2.45, 2.75) is 49.6 Å². The van der Waals surface area contributed by atoms with Gasteiger partial charge < -0.3 is 10.2 Å². The van der Waals surface area contributed by atoms with Crippen LogP contribution in [0.25, 0.3) is 0 Å². The van der Waals surface area contributed by atoms with Gasteiger partial charge in [-0.05, 0) is 50.8 Å². The summed E-state index contributed by atoms with van der Waals surface area (Å²) < 4.78 is 41.1. The highest BCUT2D eigenvalue weighted by Crippen LogP contribution is 2.25. The molecule has 0 radical (unpaired) electrons. The standard InChI is InChI=1S/C19H25ClFN5O2S.ClH/c1-12-22-18(11-19(23-12)26(2)3)24-13-4-6-14(7-5-13)25-29(27,28)15-8-9-17(21)16(20)10-15;/h8-11,13-14,25H,4-7H2,1-3H3,(H,22,23,24);1H/t13-,14+;. The predicted molar refractivity (Wildman–Crippen MR) is 120 cm³/mol. The number of hydrogen-bond acceptors (Lipinski definition) is 6. The molecule has 0 saturated heterocycles. The molecule has 7 nitrogen and oxygen atoms in total. The lowest BCUT2D eigenvalue weighted by atomic mass is 9.92. The van der Waals surface area contributed by atoms with Crippen LogP contribution in [0.4, 0.5) is 16.0 Å². The Balaban J connectivity index is 0.00000320. The number of anilines is 2. The number of halogens is 3. The van der Waals surface area contributed by atoms with Gasteiger partial charge in [0.15, 0.2) is 0 Å². The summed E-state index contributed by atoms with van der Waals surface area (Å²) in [6.45, 7) is 1.85. The molecule has 1 fully saturated rings. The Hall–Kier alpha value is -1.68. The maximum atomic E-state index is 13.3. The van der Waals surface area contributed by atoms with Gasteiger partial charge in [-0.1, -0.05) is 11.6 Å². The quantitative estimate of drug-likeness (QED) is 0.658. The van der Waals surface area contributed by atoms with E-state index in [1.54, 1.807) is 0 Å². The minimum atomic E-state index is -3.74. The van der Waals surface area contributed by atoms with Crippen LogP contribution in [-0.4, -0.2) is 44.6 Å². The molecule has 11 heteroatoms. The lowest BCUT2D eigenvalue weighted by Crippen LogP contribution is -2.40. The summed E-state index contributed by atoms with van der Waals surface area (Å²) in [6, 6.07) is 5.35. The topological polar surface area (TPSA) is 87.2 Å². The predicted octanol–water partition coefficient (Wildman–Crippen LogP) is 3.77. The minimum Gasteiger partial charge on any atom is -0.367 e. The number of rotatable bonds is 6. The summed E-state index contributed by atoms with van der Waals surface area (Å²) in [7, 11) is 0.112. The van der Waals surface area contributed by atoms with Crippen LogP contribution >= 0.6 is 24.0 Å². The number of nitrogens with one attached hydrogen (secondary N) is 2. The average Bonchev–Trinajstić information content (AvgIpc) is 2.64. The van der Waals surface area contributed by atoms with E-state index in [4.69, 9.17) is 11.6 Å². The van der Waals surface area contributed by atoms with E-state index in [0.717, 1.165) is 36.6 Å². The van der Waals surface area contributed by atoms with Crippen LogP contribution in [0.1, 0.15) is 31.5 Å². The molecule has 0 aliphatic heterocycles. The largest absolute Gasteiger partial charge is 0.367 e. The fourth-order valence-electron chi connectivity index (χ4n) is 3.35. The van der Waals surface area contributed by atoms with Crippen molar-refractivity contribution in [2.24, 2.45) is 0 Å². The first-order valence-corrected chi connectivity index (χ1v) is 11.3. The summed E-state index contributed by atoms with van der Waals surface area (Å²) in [5.74, 6) is 1.65. The molecule has 1 aromatic carbocycles. The molecule has 1 aliphatic rings. The summed E-state index contributed by atoms with van der Waals surface area (Å²) in [4.78, 5) is 10.7. The Morgan fingerprint density at radius 1 is 1.10 bits per heavy atom. The van der Waals surface area contributed by atoms with Crippen LogP contribution in [0, 0.1) is 12.7 Å². The third kappa shape index (κ3) is 6.16. The van der Waals surface area contributed by atoms with Crippen molar-refractivity contribution in [3.63, 3.8) is 0 Å². The zero-order valence-corrected chi connectivity index (χ0v) is 19.4. The molecular formula is C19H26Cl2FN5O2S. The third-order valence-electron chi connectivity index (χ3n) is 4.88. The van der Waals surface area contributed by atoms with E-state index in [-0.39, 0.29) is 34.4 Å². The number of sulfonamides is 1. The third-order valence-corrected chi connectivity index (χ3v) is 6.69. The Labute approximate surface area is 187 Å². The van der Waals surface area contributed by atoms with Gasteiger partial charge >= 0.3 is 0 Å². The van der Waals surface area contributed by atoms with E-state index in [9.17, 15) is 12.8 Å². The normalized spacial score (nSPS) is 19.1. The van der Waals surface area contributed by atoms with Crippen molar-refractivity contribution >= 4 is 45.7 Å². The highest BCUT2D eigenvalue weighted by atomic mass is 35.5. The fourth-order valence-corrected chi connectivity index (χ4v) is 4.93. The monoisotopic (exact) mass is 477 g/mol. The fraction of sp³-hybridized carbons (Fsp3) is 0.474. The smallest absolute Gasteiger partial charge is 0.240 e. The zero-order chi connectivity index (χ0) is 21.2. The zero-order valence-electron chi connectivity index (χ0n) is 17.0. The molecule has 1 saturated carbocycles. The lowest BCUT2D eigenvalue weighted by molar-refractivity contribution is 0.387. The van der Waals surface area contributed by atoms with Crippen LogP contribution in [0.15, 0.2) is 29.2 Å². The minimum absolute atomic E-state index is 0. The van der Waals surface area contributed by atoms with E-state index in [1.807, 2.05) is 32.0 Å². The first-order valence-electron chi connectivity index (χ1n) is 9.41. The molecule has 3 rings (SSSR count). The van der Waals surface area contributed by atoms with E-state index < -0.39 is 15.8 Å². The SMILES string of the molecule is Cc1nc(N[C@H]2CC[C@@H](NS(=O)(=O)c3ccc(F)c(Cl)c3)CC2)cc(N(C)C)n1.Cl. The van der Waals surface area contributed by atoms with Gasteiger partial charge in [-0.3, -0.25) is 0 Å². The van der Waals surface area contributed by atoms with Crippen LogP contribution in [-0.2, 0) is 10.0 Å². The van der Waals surface area contributed by atoms with Crippen molar-refractivity contribution in [2.75, 3.05) is 24.3 Å². The van der Waals surface area contributed by atoms with Gasteiger partial charge in [-0.15, -0.1) is 12.4 Å². The molecule has 1 aromatic heterocycles. The van der Waals surface area contributed by atoms with Crippen LogP contribution in [0.5, 0.6) is 0 Å². The highest BCUT2D eigenvalue weighted by molar-refractivity contribution is 7.89. The van der Waals surface area contributed by atoms with E-state index in [0.29, 0.717) is 18.7 Å². The first kappa shape index (κ1) is 24.6.